The summed E-state index contributed by atoms with van der Waals surface area (Å²) in [6, 6.07) is 7.17. The van der Waals surface area contributed by atoms with Crippen molar-refractivity contribution >= 4 is 0 Å². The number of hydrogen-bond acceptors (Lipinski definition) is 2. The summed E-state index contributed by atoms with van der Waals surface area (Å²) in [7, 11) is 0. The lowest BCUT2D eigenvalue weighted by molar-refractivity contribution is 0.307. The maximum Gasteiger partial charge on any atom is 0.0570 e. The molecule has 1 heterocycles. The van der Waals surface area contributed by atoms with Gasteiger partial charge in [-0.05, 0) is 50.2 Å². The molecule has 1 aliphatic carbocycles. The Labute approximate surface area is 111 Å². The fourth-order valence-electron chi connectivity index (χ4n) is 2.90. The number of nitrogens with zero attached hydrogens (tertiary/aromatic N) is 1. The molecule has 0 saturated heterocycles. The Morgan fingerprint density at radius 3 is 2.83 bits per heavy atom. The minimum absolute atomic E-state index is 0.359. The lowest BCUT2D eigenvalue weighted by atomic mass is 9.85. The van der Waals surface area contributed by atoms with Crippen molar-refractivity contribution in [3.8, 4) is 0 Å². The second kappa shape index (κ2) is 5.83. The largest absolute Gasteiger partial charge is 0.306 e. The third-order valence-electron chi connectivity index (χ3n) is 4.19. The highest BCUT2D eigenvalue weighted by molar-refractivity contribution is 5.07. The van der Waals surface area contributed by atoms with E-state index in [1.54, 1.807) is 0 Å². The van der Waals surface area contributed by atoms with E-state index in [0.717, 1.165) is 5.69 Å². The fourth-order valence-corrected chi connectivity index (χ4v) is 2.90. The minimum atomic E-state index is 0.359. The topological polar surface area (TPSA) is 24.9 Å². The average molecular weight is 246 g/mol. The van der Waals surface area contributed by atoms with Crippen molar-refractivity contribution in [1.82, 2.24) is 10.3 Å². The molecule has 1 unspecified atom stereocenters. The van der Waals surface area contributed by atoms with Gasteiger partial charge in [-0.1, -0.05) is 26.3 Å². The molecule has 2 atom stereocenters. The van der Waals surface area contributed by atoms with E-state index in [4.69, 9.17) is 0 Å². The quantitative estimate of drug-likeness (QED) is 0.812. The van der Waals surface area contributed by atoms with Crippen molar-refractivity contribution < 1.29 is 0 Å². The molecule has 18 heavy (non-hydrogen) atoms. The van der Waals surface area contributed by atoms with Crippen LogP contribution in [0.5, 0.6) is 0 Å². The first-order valence-corrected chi connectivity index (χ1v) is 7.24. The predicted octanol–water partition coefficient (Wildman–Crippen LogP) is 4.09. The number of nitrogens with one attached hydrogen (secondary N) is 1. The van der Waals surface area contributed by atoms with Crippen molar-refractivity contribution in [2.75, 3.05) is 0 Å². The summed E-state index contributed by atoms with van der Waals surface area (Å²) in [6.45, 7) is 7.02. The van der Waals surface area contributed by atoms with Gasteiger partial charge in [-0.3, -0.25) is 4.98 Å². The lowest BCUT2D eigenvalue weighted by Crippen LogP contribution is -2.31. The second-order valence-corrected chi connectivity index (χ2v) is 6.43. The average Bonchev–Trinajstić information content (AvgIpc) is 2.52. The first-order chi connectivity index (χ1) is 8.57. The van der Waals surface area contributed by atoms with E-state index in [1.807, 2.05) is 12.3 Å². The van der Waals surface area contributed by atoms with Gasteiger partial charge >= 0.3 is 0 Å². The van der Waals surface area contributed by atoms with E-state index in [0.29, 0.717) is 17.5 Å². The first kappa shape index (κ1) is 13.5. The molecule has 0 amide bonds. The van der Waals surface area contributed by atoms with Crippen molar-refractivity contribution in [3.63, 3.8) is 0 Å². The summed E-state index contributed by atoms with van der Waals surface area (Å²) in [5.41, 5.74) is 1.69. The van der Waals surface area contributed by atoms with Crippen molar-refractivity contribution in [3.05, 3.63) is 30.1 Å². The van der Waals surface area contributed by atoms with Crippen LogP contribution in [0.25, 0.3) is 0 Å². The van der Waals surface area contributed by atoms with Crippen LogP contribution in [-0.4, -0.2) is 11.0 Å². The molecule has 0 spiro atoms. The normalized spacial score (nSPS) is 25.4. The molecular weight excluding hydrogens is 220 g/mol. The third-order valence-corrected chi connectivity index (χ3v) is 4.19. The Bertz CT molecular complexity index is 359. The number of aromatic nitrogens is 1. The molecular formula is C16H26N2. The summed E-state index contributed by atoms with van der Waals surface area (Å²) in [6.07, 6.45) is 8.52. The molecule has 0 radical (unpaired) electrons. The van der Waals surface area contributed by atoms with Gasteiger partial charge in [0, 0.05) is 18.3 Å². The summed E-state index contributed by atoms with van der Waals surface area (Å²) >= 11 is 0. The molecule has 2 rings (SSSR count). The number of hydrogen-bond donors (Lipinski definition) is 1. The van der Waals surface area contributed by atoms with Crippen LogP contribution in [0.4, 0.5) is 0 Å². The highest BCUT2D eigenvalue weighted by atomic mass is 15.0. The molecule has 1 aromatic rings. The standard InChI is InChI=1S/C16H26N2/c1-13(15-8-4-5-12-17-15)18-14-7-6-10-16(2,3)11-9-14/h4-5,8,12-14,18H,6-7,9-11H2,1-3H3/t13-,14?/m1/s1. The zero-order valence-corrected chi connectivity index (χ0v) is 11.9. The van der Waals surface area contributed by atoms with Gasteiger partial charge in [0.05, 0.1) is 5.69 Å². The molecule has 0 aromatic carbocycles. The van der Waals surface area contributed by atoms with E-state index in [1.165, 1.54) is 32.1 Å². The van der Waals surface area contributed by atoms with E-state index in [-0.39, 0.29) is 0 Å². The Balaban J connectivity index is 1.90. The van der Waals surface area contributed by atoms with Crippen molar-refractivity contribution in [2.24, 2.45) is 5.41 Å². The van der Waals surface area contributed by atoms with Gasteiger partial charge in [-0.25, -0.2) is 0 Å². The first-order valence-electron chi connectivity index (χ1n) is 7.24. The van der Waals surface area contributed by atoms with Crippen LogP contribution >= 0.6 is 0 Å². The lowest BCUT2D eigenvalue weighted by Gasteiger charge is -2.24. The van der Waals surface area contributed by atoms with Crippen LogP contribution < -0.4 is 5.32 Å². The van der Waals surface area contributed by atoms with Crippen LogP contribution in [0.2, 0.25) is 0 Å². The number of rotatable bonds is 3. The summed E-state index contributed by atoms with van der Waals surface area (Å²) < 4.78 is 0. The highest BCUT2D eigenvalue weighted by Gasteiger charge is 2.25. The van der Waals surface area contributed by atoms with E-state index >= 15 is 0 Å². The molecule has 100 valence electrons. The molecule has 1 N–H and O–H groups in total. The number of pyridine rings is 1. The van der Waals surface area contributed by atoms with Crippen molar-refractivity contribution in [2.45, 2.75) is 65.0 Å². The Hall–Kier alpha value is -0.890. The molecule has 1 fully saturated rings. The van der Waals surface area contributed by atoms with E-state index < -0.39 is 0 Å². The zero-order valence-electron chi connectivity index (χ0n) is 11.9. The molecule has 2 nitrogen and oxygen atoms in total. The van der Waals surface area contributed by atoms with Crippen LogP contribution in [0, 0.1) is 5.41 Å². The van der Waals surface area contributed by atoms with Crippen LogP contribution in [0.1, 0.15) is 64.6 Å². The predicted molar refractivity (Wildman–Crippen MR) is 76.4 cm³/mol. The Morgan fingerprint density at radius 2 is 2.11 bits per heavy atom. The Kier molecular flexibility index (Phi) is 4.39. The maximum absolute atomic E-state index is 4.43. The summed E-state index contributed by atoms with van der Waals surface area (Å²) in [4.78, 5) is 4.43. The smallest absolute Gasteiger partial charge is 0.0570 e. The van der Waals surface area contributed by atoms with E-state index in [2.05, 4.69) is 43.2 Å². The third kappa shape index (κ3) is 3.81. The van der Waals surface area contributed by atoms with Gasteiger partial charge in [0.2, 0.25) is 0 Å². The zero-order chi connectivity index (χ0) is 13.0. The van der Waals surface area contributed by atoms with Gasteiger partial charge in [0.1, 0.15) is 0 Å². The van der Waals surface area contributed by atoms with Gasteiger partial charge in [-0.2, -0.15) is 0 Å². The molecule has 0 aliphatic heterocycles. The van der Waals surface area contributed by atoms with Crippen molar-refractivity contribution in [1.29, 1.82) is 0 Å². The SMILES string of the molecule is C[C@@H](NC1CCCC(C)(C)CC1)c1ccccn1. The maximum atomic E-state index is 4.43. The van der Waals surface area contributed by atoms with Crippen LogP contribution in [0.15, 0.2) is 24.4 Å². The fraction of sp³-hybridized carbons (Fsp3) is 0.688. The minimum Gasteiger partial charge on any atom is -0.306 e. The van der Waals surface area contributed by atoms with Gasteiger partial charge in [0.25, 0.3) is 0 Å². The monoisotopic (exact) mass is 246 g/mol. The molecule has 2 heteroatoms. The van der Waals surface area contributed by atoms with Gasteiger partial charge < -0.3 is 5.32 Å². The van der Waals surface area contributed by atoms with E-state index in [9.17, 15) is 0 Å². The molecule has 0 bridgehead atoms. The van der Waals surface area contributed by atoms with Gasteiger partial charge in [-0.15, -0.1) is 0 Å². The summed E-state index contributed by atoms with van der Waals surface area (Å²) in [5, 5.41) is 3.75. The molecule has 1 aliphatic rings. The summed E-state index contributed by atoms with van der Waals surface area (Å²) in [5.74, 6) is 0. The van der Waals surface area contributed by atoms with Gasteiger partial charge in [0.15, 0.2) is 0 Å². The molecule has 1 saturated carbocycles. The van der Waals surface area contributed by atoms with Crippen LogP contribution in [-0.2, 0) is 0 Å². The molecule has 1 aromatic heterocycles. The highest BCUT2D eigenvalue weighted by Crippen LogP contribution is 2.34. The van der Waals surface area contributed by atoms with Crippen LogP contribution in [0.3, 0.4) is 0 Å². The second-order valence-electron chi connectivity index (χ2n) is 6.43. The Morgan fingerprint density at radius 1 is 1.28 bits per heavy atom.